The molecule has 0 aliphatic carbocycles. The number of carbonyl (C=O) groups excluding carboxylic acids is 1. The van der Waals surface area contributed by atoms with Crippen molar-refractivity contribution >= 4 is 17.4 Å². The van der Waals surface area contributed by atoms with Gasteiger partial charge in [0.25, 0.3) is 0 Å². The van der Waals surface area contributed by atoms with Gasteiger partial charge in [0.2, 0.25) is 5.91 Å². The first kappa shape index (κ1) is 22.2. The largest absolute Gasteiger partial charge is 0.355 e. The van der Waals surface area contributed by atoms with Gasteiger partial charge in [0.1, 0.15) is 5.82 Å². The molecule has 0 atom stereocenters. The Hall–Kier alpha value is -3.00. The number of aryl methyl sites for hydroxylation is 1. The number of benzene rings is 1. The average molecular weight is 436 g/mol. The molecule has 1 aliphatic heterocycles. The highest BCUT2D eigenvalue weighted by Gasteiger charge is 2.26. The van der Waals surface area contributed by atoms with Crippen LogP contribution in [0, 0.1) is 12.8 Å². The highest BCUT2D eigenvalue weighted by Crippen LogP contribution is 2.25. The van der Waals surface area contributed by atoms with E-state index in [0.29, 0.717) is 6.54 Å². The molecule has 1 fully saturated rings. The molecule has 1 aliphatic rings. The van der Waals surface area contributed by atoms with Gasteiger partial charge in [-0.2, -0.15) is 4.52 Å². The first-order chi connectivity index (χ1) is 15.6. The molecule has 32 heavy (non-hydrogen) atoms. The maximum atomic E-state index is 12.6. The van der Waals surface area contributed by atoms with Crippen molar-refractivity contribution in [3.63, 3.8) is 0 Å². The van der Waals surface area contributed by atoms with Gasteiger partial charge in [-0.15, -0.1) is 15.3 Å². The van der Waals surface area contributed by atoms with Gasteiger partial charge in [0, 0.05) is 37.7 Å². The maximum absolute atomic E-state index is 12.6. The van der Waals surface area contributed by atoms with Crippen molar-refractivity contribution in [2.75, 3.05) is 44.2 Å². The van der Waals surface area contributed by atoms with Crippen LogP contribution in [-0.4, -0.2) is 69.9 Å². The number of anilines is 1. The second-order valence-corrected chi connectivity index (χ2v) is 8.38. The topological polar surface area (TPSA) is 78.7 Å². The fourth-order valence-electron chi connectivity index (χ4n) is 4.33. The SMILES string of the molecule is CCN(CC)CCNC(=O)C1CCN(c2ccc3nnc(-c4ccccc4C)n3n2)CC1. The second-order valence-electron chi connectivity index (χ2n) is 8.38. The summed E-state index contributed by atoms with van der Waals surface area (Å²) >= 11 is 0. The molecule has 170 valence electrons. The lowest BCUT2D eigenvalue weighted by Crippen LogP contribution is -2.43. The highest BCUT2D eigenvalue weighted by atomic mass is 16.1. The molecule has 0 radical (unpaired) electrons. The van der Waals surface area contributed by atoms with Crippen LogP contribution in [0.3, 0.4) is 0 Å². The van der Waals surface area contributed by atoms with Crippen molar-refractivity contribution in [3.05, 3.63) is 42.0 Å². The van der Waals surface area contributed by atoms with E-state index in [1.54, 1.807) is 0 Å². The van der Waals surface area contributed by atoms with E-state index in [1.807, 2.05) is 34.8 Å². The Morgan fingerprint density at radius 1 is 1.09 bits per heavy atom. The first-order valence-corrected chi connectivity index (χ1v) is 11.6. The van der Waals surface area contributed by atoms with Crippen LogP contribution in [0.1, 0.15) is 32.3 Å². The molecule has 3 aromatic rings. The van der Waals surface area contributed by atoms with Crippen molar-refractivity contribution < 1.29 is 4.79 Å². The summed E-state index contributed by atoms with van der Waals surface area (Å²) in [5.41, 5.74) is 2.90. The van der Waals surface area contributed by atoms with Crippen LogP contribution in [-0.2, 0) is 4.79 Å². The Bertz CT molecular complexity index is 1050. The molecule has 8 nitrogen and oxygen atoms in total. The standard InChI is InChI=1S/C24H33N7O/c1-4-29(5-2)17-14-25-24(32)19-12-15-30(16-13-19)22-11-10-21-26-27-23(31(21)28-22)20-9-7-6-8-18(20)3/h6-11,19H,4-5,12-17H2,1-3H3,(H,25,32). The number of hydrogen-bond acceptors (Lipinski definition) is 6. The van der Waals surface area contributed by atoms with E-state index in [4.69, 9.17) is 5.10 Å². The predicted molar refractivity (Wildman–Crippen MR) is 127 cm³/mol. The summed E-state index contributed by atoms with van der Waals surface area (Å²) in [7, 11) is 0. The minimum atomic E-state index is 0.0733. The first-order valence-electron chi connectivity index (χ1n) is 11.6. The van der Waals surface area contributed by atoms with Crippen LogP contribution >= 0.6 is 0 Å². The monoisotopic (exact) mass is 435 g/mol. The third-order valence-electron chi connectivity index (χ3n) is 6.45. The van der Waals surface area contributed by atoms with Gasteiger partial charge in [-0.05, 0) is 50.6 Å². The molecule has 1 aromatic carbocycles. The number of aromatic nitrogens is 4. The zero-order valence-electron chi connectivity index (χ0n) is 19.3. The van der Waals surface area contributed by atoms with E-state index in [-0.39, 0.29) is 11.8 Å². The van der Waals surface area contributed by atoms with Crippen LogP contribution in [0.15, 0.2) is 36.4 Å². The van der Waals surface area contributed by atoms with Gasteiger partial charge in [-0.25, -0.2) is 0 Å². The number of likely N-dealkylation sites (N-methyl/N-ethyl adjacent to an activating group) is 1. The Labute approximate surface area is 189 Å². The number of piperidine rings is 1. The van der Waals surface area contributed by atoms with Crippen molar-refractivity contribution in [2.24, 2.45) is 5.92 Å². The molecular formula is C24H33N7O. The fraction of sp³-hybridized carbons (Fsp3) is 0.500. The van der Waals surface area contributed by atoms with E-state index >= 15 is 0 Å². The summed E-state index contributed by atoms with van der Waals surface area (Å²) in [6, 6.07) is 12.1. The van der Waals surface area contributed by atoms with Gasteiger partial charge < -0.3 is 15.1 Å². The molecule has 3 heterocycles. The van der Waals surface area contributed by atoms with Crippen molar-refractivity contribution in [3.8, 4) is 11.4 Å². The summed E-state index contributed by atoms with van der Waals surface area (Å²) in [5, 5.41) is 16.6. The average Bonchev–Trinajstić information content (AvgIpc) is 3.25. The summed E-state index contributed by atoms with van der Waals surface area (Å²) in [6.07, 6.45) is 1.67. The number of rotatable bonds is 8. The van der Waals surface area contributed by atoms with Crippen LogP contribution in [0.4, 0.5) is 5.82 Å². The fourth-order valence-corrected chi connectivity index (χ4v) is 4.33. The number of nitrogens with zero attached hydrogens (tertiary/aromatic N) is 6. The van der Waals surface area contributed by atoms with Gasteiger partial charge in [-0.3, -0.25) is 4.79 Å². The Balaban J connectivity index is 1.39. The summed E-state index contributed by atoms with van der Waals surface area (Å²) < 4.78 is 1.82. The second kappa shape index (κ2) is 10.1. The minimum absolute atomic E-state index is 0.0733. The Morgan fingerprint density at radius 2 is 1.84 bits per heavy atom. The third kappa shape index (κ3) is 4.75. The van der Waals surface area contributed by atoms with Gasteiger partial charge >= 0.3 is 0 Å². The van der Waals surface area contributed by atoms with Crippen LogP contribution in [0.2, 0.25) is 0 Å². The summed E-state index contributed by atoms with van der Waals surface area (Å²) in [4.78, 5) is 17.2. The number of amides is 1. The van der Waals surface area contributed by atoms with E-state index in [1.165, 1.54) is 0 Å². The van der Waals surface area contributed by atoms with E-state index in [9.17, 15) is 4.79 Å². The highest BCUT2D eigenvalue weighted by molar-refractivity contribution is 5.79. The van der Waals surface area contributed by atoms with Gasteiger partial charge in [-0.1, -0.05) is 38.1 Å². The molecular weight excluding hydrogens is 402 g/mol. The zero-order chi connectivity index (χ0) is 22.5. The van der Waals surface area contributed by atoms with Crippen molar-refractivity contribution in [1.29, 1.82) is 0 Å². The normalized spacial score (nSPS) is 14.9. The molecule has 0 spiro atoms. The lowest BCUT2D eigenvalue weighted by Gasteiger charge is -2.32. The molecule has 0 bridgehead atoms. The molecule has 0 saturated carbocycles. The van der Waals surface area contributed by atoms with Crippen molar-refractivity contribution in [2.45, 2.75) is 33.6 Å². The smallest absolute Gasteiger partial charge is 0.223 e. The molecule has 0 unspecified atom stereocenters. The zero-order valence-corrected chi connectivity index (χ0v) is 19.3. The van der Waals surface area contributed by atoms with E-state index in [2.05, 4.69) is 52.2 Å². The lowest BCUT2D eigenvalue weighted by atomic mass is 9.96. The number of carbonyl (C=O) groups is 1. The van der Waals surface area contributed by atoms with Gasteiger partial charge in [0.05, 0.1) is 0 Å². The Morgan fingerprint density at radius 3 is 2.56 bits per heavy atom. The van der Waals surface area contributed by atoms with Crippen molar-refractivity contribution in [1.82, 2.24) is 30.0 Å². The maximum Gasteiger partial charge on any atom is 0.223 e. The van der Waals surface area contributed by atoms with Crippen LogP contribution < -0.4 is 10.2 Å². The minimum Gasteiger partial charge on any atom is -0.355 e. The summed E-state index contributed by atoms with van der Waals surface area (Å²) in [6.45, 7) is 11.6. The molecule has 2 aromatic heterocycles. The molecule has 1 saturated heterocycles. The molecule has 4 rings (SSSR count). The number of fused-ring (bicyclic) bond motifs is 1. The van der Waals surface area contributed by atoms with Gasteiger partial charge in [0.15, 0.2) is 11.5 Å². The van der Waals surface area contributed by atoms with E-state index in [0.717, 1.165) is 74.0 Å². The third-order valence-corrected chi connectivity index (χ3v) is 6.45. The van der Waals surface area contributed by atoms with E-state index < -0.39 is 0 Å². The Kier molecular flexibility index (Phi) is 6.99. The molecule has 1 amide bonds. The molecule has 1 N–H and O–H groups in total. The van der Waals surface area contributed by atoms with Crippen LogP contribution in [0.25, 0.3) is 17.0 Å². The predicted octanol–water partition coefficient (Wildman–Crippen LogP) is 2.77. The molecule has 8 heteroatoms. The quantitative estimate of drug-likeness (QED) is 0.586. The number of hydrogen-bond donors (Lipinski definition) is 1. The van der Waals surface area contributed by atoms with Crippen LogP contribution in [0.5, 0.6) is 0 Å². The lowest BCUT2D eigenvalue weighted by molar-refractivity contribution is -0.125. The number of nitrogens with one attached hydrogen (secondary N) is 1. The summed E-state index contributed by atoms with van der Waals surface area (Å²) in [5.74, 6) is 1.90.